The quantitative estimate of drug-likeness (QED) is 0.618. The average Bonchev–Trinajstić information content (AvgIpc) is 2.70. The third-order valence-electron chi connectivity index (χ3n) is 4.29. The Labute approximate surface area is 172 Å². The van der Waals surface area contributed by atoms with Crippen LogP contribution in [-0.2, 0) is 16.0 Å². The van der Waals surface area contributed by atoms with Crippen LogP contribution in [0.3, 0.4) is 0 Å². The van der Waals surface area contributed by atoms with Gasteiger partial charge in [0.15, 0.2) is 18.1 Å². The number of hydrogen-bond donors (Lipinski definition) is 1. The number of benzene rings is 2. The van der Waals surface area contributed by atoms with E-state index in [-0.39, 0.29) is 12.5 Å². The maximum atomic E-state index is 12.2. The van der Waals surface area contributed by atoms with Crippen LogP contribution in [0.1, 0.15) is 40.9 Å². The Morgan fingerprint density at radius 1 is 0.931 bits per heavy atom. The maximum Gasteiger partial charge on any atom is 0.338 e. The van der Waals surface area contributed by atoms with E-state index in [9.17, 15) is 9.59 Å². The number of carbonyl (C=O) groups is 2. The number of esters is 1. The molecule has 0 spiro atoms. The minimum atomic E-state index is -0.491. The molecule has 0 saturated heterocycles. The molecule has 2 aromatic rings. The maximum absolute atomic E-state index is 12.2. The van der Waals surface area contributed by atoms with Gasteiger partial charge in [-0.15, -0.1) is 0 Å². The smallest absolute Gasteiger partial charge is 0.338 e. The van der Waals surface area contributed by atoms with E-state index in [1.165, 1.54) is 0 Å². The monoisotopic (exact) mass is 399 g/mol. The van der Waals surface area contributed by atoms with Crippen molar-refractivity contribution in [2.75, 3.05) is 26.4 Å². The van der Waals surface area contributed by atoms with E-state index in [2.05, 4.69) is 5.32 Å². The molecule has 0 aliphatic carbocycles. The van der Waals surface area contributed by atoms with Gasteiger partial charge in [-0.1, -0.05) is 23.8 Å². The third-order valence-corrected chi connectivity index (χ3v) is 4.29. The topological polar surface area (TPSA) is 73.9 Å². The Hall–Kier alpha value is -3.02. The van der Waals surface area contributed by atoms with E-state index in [1.807, 2.05) is 58.0 Å². The van der Waals surface area contributed by atoms with Gasteiger partial charge in [-0.3, -0.25) is 4.79 Å². The van der Waals surface area contributed by atoms with Crippen LogP contribution >= 0.6 is 0 Å². The Morgan fingerprint density at radius 2 is 1.66 bits per heavy atom. The molecule has 1 N–H and O–H groups in total. The van der Waals surface area contributed by atoms with Crippen LogP contribution in [0.5, 0.6) is 11.5 Å². The molecular formula is C23H29NO5. The molecule has 0 saturated carbocycles. The Balaban J connectivity index is 1.81. The van der Waals surface area contributed by atoms with E-state index >= 15 is 0 Å². The summed E-state index contributed by atoms with van der Waals surface area (Å²) in [5.41, 5.74) is 3.29. The Bertz CT molecular complexity index is 847. The van der Waals surface area contributed by atoms with Gasteiger partial charge in [-0.25, -0.2) is 4.79 Å². The molecule has 0 unspecified atom stereocenters. The largest absolute Gasteiger partial charge is 0.490 e. The van der Waals surface area contributed by atoms with Crippen LogP contribution in [0, 0.1) is 13.8 Å². The predicted octanol–water partition coefficient (Wildman–Crippen LogP) is 3.62. The Morgan fingerprint density at radius 3 is 2.38 bits per heavy atom. The average molecular weight is 399 g/mol. The van der Waals surface area contributed by atoms with E-state index in [4.69, 9.17) is 14.2 Å². The molecule has 6 heteroatoms. The summed E-state index contributed by atoms with van der Waals surface area (Å²) in [7, 11) is 0. The van der Waals surface area contributed by atoms with E-state index in [1.54, 1.807) is 6.07 Å². The van der Waals surface area contributed by atoms with Crippen molar-refractivity contribution >= 4 is 11.9 Å². The van der Waals surface area contributed by atoms with Crippen molar-refractivity contribution in [3.05, 3.63) is 58.7 Å². The molecule has 0 heterocycles. The second kappa shape index (κ2) is 11.1. The van der Waals surface area contributed by atoms with Gasteiger partial charge in [-0.05, 0) is 63.4 Å². The summed E-state index contributed by atoms with van der Waals surface area (Å²) in [5, 5.41) is 2.77. The highest BCUT2D eigenvalue weighted by atomic mass is 16.5. The fourth-order valence-electron chi connectivity index (χ4n) is 2.81. The molecule has 0 radical (unpaired) electrons. The van der Waals surface area contributed by atoms with Crippen molar-refractivity contribution in [2.45, 2.75) is 34.1 Å². The van der Waals surface area contributed by atoms with Gasteiger partial charge in [0.1, 0.15) is 0 Å². The fraction of sp³-hybridized carbons (Fsp3) is 0.391. The van der Waals surface area contributed by atoms with Crippen LogP contribution in [0.25, 0.3) is 0 Å². The van der Waals surface area contributed by atoms with Crippen LogP contribution in [0.15, 0.2) is 36.4 Å². The highest BCUT2D eigenvalue weighted by Gasteiger charge is 2.13. The summed E-state index contributed by atoms with van der Waals surface area (Å²) in [6.07, 6.45) is 0.628. The lowest BCUT2D eigenvalue weighted by Crippen LogP contribution is -2.30. The van der Waals surface area contributed by atoms with Crippen LogP contribution in [0.4, 0.5) is 0 Å². The summed E-state index contributed by atoms with van der Waals surface area (Å²) in [4.78, 5) is 24.2. The minimum absolute atomic E-state index is 0.306. The molecule has 0 atom stereocenters. The second-order valence-electron chi connectivity index (χ2n) is 6.64. The Kier molecular flexibility index (Phi) is 8.52. The molecule has 0 aromatic heterocycles. The van der Waals surface area contributed by atoms with Crippen molar-refractivity contribution in [1.29, 1.82) is 0 Å². The number of aryl methyl sites for hydroxylation is 2. The summed E-state index contributed by atoms with van der Waals surface area (Å²) in [6, 6.07) is 11.3. The van der Waals surface area contributed by atoms with Crippen molar-refractivity contribution < 1.29 is 23.8 Å². The van der Waals surface area contributed by atoms with Gasteiger partial charge in [0, 0.05) is 6.54 Å². The van der Waals surface area contributed by atoms with Gasteiger partial charge < -0.3 is 19.5 Å². The molecular weight excluding hydrogens is 370 g/mol. The number of amides is 1. The first kappa shape index (κ1) is 22.3. The molecule has 2 aromatic carbocycles. The zero-order valence-electron chi connectivity index (χ0n) is 17.5. The van der Waals surface area contributed by atoms with Crippen molar-refractivity contribution in [3.8, 4) is 11.5 Å². The first-order valence-corrected chi connectivity index (χ1v) is 9.84. The molecule has 0 fully saturated rings. The minimum Gasteiger partial charge on any atom is -0.490 e. The molecule has 1 amide bonds. The zero-order valence-corrected chi connectivity index (χ0v) is 17.5. The van der Waals surface area contributed by atoms with Gasteiger partial charge in [0.2, 0.25) is 0 Å². The fourth-order valence-corrected chi connectivity index (χ4v) is 2.81. The third kappa shape index (κ3) is 6.82. The lowest BCUT2D eigenvalue weighted by Gasteiger charge is -2.13. The van der Waals surface area contributed by atoms with Crippen molar-refractivity contribution in [2.24, 2.45) is 0 Å². The summed E-state index contributed by atoms with van der Waals surface area (Å²) < 4.78 is 16.3. The van der Waals surface area contributed by atoms with E-state index < -0.39 is 5.97 Å². The number of ether oxygens (including phenoxy) is 3. The standard InChI is InChI=1S/C23H29NO5/c1-5-27-20-10-9-18(14-21(20)28-6-2)11-12-24-22(25)15-29-23(26)19-13-16(3)7-8-17(19)4/h7-10,13-14H,5-6,11-12,15H2,1-4H3,(H,24,25). The SMILES string of the molecule is CCOc1ccc(CCNC(=O)COC(=O)c2cc(C)ccc2C)cc1OCC. The number of rotatable bonds is 10. The van der Waals surface area contributed by atoms with Crippen LogP contribution in [-0.4, -0.2) is 38.2 Å². The molecule has 6 nitrogen and oxygen atoms in total. The van der Waals surface area contributed by atoms with E-state index in [0.29, 0.717) is 43.2 Å². The molecule has 156 valence electrons. The lowest BCUT2D eigenvalue weighted by molar-refractivity contribution is -0.124. The van der Waals surface area contributed by atoms with Crippen molar-refractivity contribution in [3.63, 3.8) is 0 Å². The number of hydrogen-bond acceptors (Lipinski definition) is 5. The summed E-state index contributed by atoms with van der Waals surface area (Å²) in [6.45, 7) is 8.82. The number of nitrogens with one attached hydrogen (secondary N) is 1. The highest BCUT2D eigenvalue weighted by molar-refractivity contribution is 5.92. The molecule has 0 aliphatic heterocycles. The van der Waals surface area contributed by atoms with Gasteiger partial charge in [0.05, 0.1) is 18.8 Å². The van der Waals surface area contributed by atoms with Gasteiger partial charge in [-0.2, -0.15) is 0 Å². The van der Waals surface area contributed by atoms with E-state index in [0.717, 1.165) is 16.7 Å². The first-order valence-electron chi connectivity index (χ1n) is 9.84. The molecule has 2 rings (SSSR count). The van der Waals surface area contributed by atoms with Crippen molar-refractivity contribution in [1.82, 2.24) is 5.32 Å². The zero-order chi connectivity index (χ0) is 21.2. The van der Waals surface area contributed by atoms with Gasteiger partial charge >= 0.3 is 5.97 Å². The predicted molar refractivity (Wildman–Crippen MR) is 112 cm³/mol. The number of carbonyl (C=O) groups excluding carboxylic acids is 2. The van der Waals surface area contributed by atoms with Crippen LogP contribution in [0.2, 0.25) is 0 Å². The normalized spacial score (nSPS) is 10.3. The summed E-state index contributed by atoms with van der Waals surface area (Å²) in [5.74, 6) is 0.579. The molecule has 29 heavy (non-hydrogen) atoms. The van der Waals surface area contributed by atoms with Gasteiger partial charge in [0.25, 0.3) is 5.91 Å². The first-order chi connectivity index (χ1) is 13.9. The molecule has 0 bridgehead atoms. The highest BCUT2D eigenvalue weighted by Crippen LogP contribution is 2.28. The lowest BCUT2D eigenvalue weighted by atomic mass is 10.1. The van der Waals surface area contributed by atoms with Crippen LogP contribution < -0.4 is 14.8 Å². The second-order valence-corrected chi connectivity index (χ2v) is 6.64. The molecule has 0 aliphatic rings. The summed E-state index contributed by atoms with van der Waals surface area (Å²) >= 11 is 0.